The molecule has 0 saturated carbocycles. The smallest absolute Gasteiger partial charge is 0.356 e. The average molecular weight is 263 g/mol. The van der Waals surface area contributed by atoms with E-state index in [9.17, 15) is 0 Å². The highest BCUT2D eigenvalue weighted by atomic mass is 16.4. The summed E-state index contributed by atoms with van der Waals surface area (Å²) in [5, 5.41) is 0. The van der Waals surface area contributed by atoms with Crippen LogP contribution in [0.4, 0.5) is 5.69 Å². The van der Waals surface area contributed by atoms with Crippen LogP contribution >= 0.6 is 0 Å². The van der Waals surface area contributed by atoms with Gasteiger partial charge in [0.15, 0.2) is 0 Å². The molecule has 1 heterocycles. The first kappa shape index (κ1) is 11.9. The second-order valence-corrected chi connectivity index (χ2v) is 6.39. The molecule has 2 aliphatic rings. The second-order valence-electron chi connectivity index (χ2n) is 6.39. The van der Waals surface area contributed by atoms with Crippen LogP contribution in [0.5, 0.6) is 5.75 Å². The van der Waals surface area contributed by atoms with Gasteiger partial charge < -0.3 is 10.4 Å². The van der Waals surface area contributed by atoms with Gasteiger partial charge in [0.2, 0.25) is 0 Å². The zero-order valence-electron chi connectivity index (χ0n) is 11.9. The molecule has 2 N–H and O–H groups in total. The Kier molecular flexibility index (Phi) is 2.27. The molecule has 0 atom stereocenters. The van der Waals surface area contributed by atoms with Crippen molar-refractivity contribution >= 4 is 12.6 Å². The van der Waals surface area contributed by atoms with E-state index in [2.05, 4.69) is 44.2 Å². The highest BCUT2D eigenvalue weighted by Gasteiger charge is 2.39. The lowest BCUT2D eigenvalue weighted by molar-refractivity contribution is 0.595. The Morgan fingerprint density at radius 2 is 1.80 bits per heavy atom. The highest BCUT2D eigenvalue weighted by molar-refractivity contribution is 6.64. The van der Waals surface area contributed by atoms with Crippen LogP contribution in [-0.4, -0.2) is 6.92 Å². The Labute approximate surface area is 120 Å². The molecule has 4 rings (SSSR count). The number of benzene rings is 2. The zero-order chi connectivity index (χ0) is 13.9. The van der Waals surface area contributed by atoms with E-state index >= 15 is 0 Å². The van der Waals surface area contributed by atoms with Gasteiger partial charge in [0.25, 0.3) is 0 Å². The first-order chi connectivity index (χ1) is 9.59. The van der Waals surface area contributed by atoms with Gasteiger partial charge in [-0.3, -0.25) is 0 Å². The normalized spacial score (nSPS) is 17.6. The monoisotopic (exact) mass is 263 g/mol. The van der Waals surface area contributed by atoms with Crippen molar-refractivity contribution in [3.63, 3.8) is 0 Å². The molecule has 2 aromatic rings. The van der Waals surface area contributed by atoms with Crippen LogP contribution in [0.1, 0.15) is 25.0 Å². The number of hydrogen-bond acceptors (Lipinski definition) is 2. The molecular formula is C17H18BNO. The summed E-state index contributed by atoms with van der Waals surface area (Å²) in [6, 6.07) is 12.7. The molecule has 1 fully saturated rings. The number of hydrogen-bond donors (Lipinski definition) is 1. The Hall–Kier alpha value is -1.90. The summed E-state index contributed by atoms with van der Waals surface area (Å²) in [4.78, 5) is 0. The van der Waals surface area contributed by atoms with Crippen LogP contribution in [0.3, 0.4) is 0 Å². The molecule has 2 nitrogen and oxygen atoms in total. The summed E-state index contributed by atoms with van der Waals surface area (Å²) in [5.74, 6) is 0.892. The standard InChI is InChI=1S/C17H18BNO/c1-17(2)12-6-4-3-5-11(12)15-13(17)7-8-14(19)16(15)20-18-9-10-18/h3-8H,9-10,19H2,1-2H3. The largest absolute Gasteiger partial charge is 0.559 e. The molecule has 0 amide bonds. The van der Waals surface area contributed by atoms with Crippen molar-refractivity contribution in [1.29, 1.82) is 0 Å². The summed E-state index contributed by atoms with van der Waals surface area (Å²) in [6.45, 7) is 4.91. The number of rotatable bonds is 2. The van der Waals surface area contributed by atoms with Crippen LogP contribution in [0, 0.1) is 0 Å². The zero-order valence-corrected chi connectivity index (χ0v) is 11.9. The Morgan fingerprint density at radius 3 is 2.55 bits per heavy atom. The van der Waals surface area contributed by atoms with Gasteiger partial charge in [-0.25, -0.2) is 0 Å². The molecule has 1 aliphatic heterocycles. The van der Waals surface area contributed by atoms with E-state index in [1.807, 2.05) is 6.07 Å². The molecule has 0 spiro atoms. The minimum absolute atomic E-state index is 0.0152. The van der Waals surface area contributed by atoms with E-state index in [4.69, 9.17) is 10.4 Å². The minimum atomic E-state index is 0.0152. The van der Waals surface area contributed by atoms with Gasteiger partial charge in [0.05, 0.1) is 5.69 Å². The fourth-order valence-electron chi connectivity index (χ4n) is 3.26. The lowest BCUT2D eigenvalue weighted by Crippen LogP contribution is -2.15. The third-order valence-corrected chi connectivity index (χ3v) is 4.54. The fraction of sp³-hybridized carbons (Fsp3) is 0.294. The van der Waals surface area contributed by atoms with Crippen LogP contribution in [0.15, 0.2) is 36.4 Å². The summed E-state index contributed by atoms with van der Waals surface area (Å²) >= 11 is 0. The van der Waals surface area contributed by atoms with Crippen molar-refractivity contribution in [1.82, 2.24) is 0 Å². The molecule has 2 aromatic carbocycles. The SMILES string of the molecule is CC1(C)c2ccccc2-c2c1ccc(N)c2OB1CC1. The summed E-state index contributed by atoms with van der Waals surface area (Å²) in [5.41, 5.74) is 12.1. The van der Waals surface area contributed by atoms with Crippen molar-refractivity contribution in [2.75, 3.05) is 5.73 Å². The maximum atomic E-state index is 6.19. The van der Waals surface area contributed by atoms with Crippen molar-refractivity contribution in [2.24, 2.45) is 0 Å². The number of fused-ring (bicyclic) bond motifs is 3. The predicted molar refractivity (Wildman–Crippen MR) is 84.4 cm³/mol. The van der Waals surface area contributed by atoms with Crippen molar-refractivity contribution in [2.45, 2.75) is 31.9 Å². The molecule has 0 unspecified atom stereocenters. The fourth-order valence-corrected chi connectivity index (χ4v) is 3.26. The lowest BCUT2D eigenvalue weighted by atomic mass is 9.82. The Bertz CT molecular complexity index is 704. The van der Waals surface area contributed by atoms with E-state index in [1.165, 1.54) is 22.3 Å². The van der Waals surface area contributed by atoms with Gasteiger partial charge in [0, 0.05) is 11.0 Å². The molecule has 3 heteroatoms. The van der Waals surface area contributed by atoms with Crippen LogP contribution in [0.2, 0.25) is 12.6 Å². The summed E-state index contributed by atoms with van der Waals surface area (Å²) < 4.78 is 6.12. The molecule has 1 saturated heterocycles. The molecule has 0 bridgehead atoms. The van der Waals surface area contributed by atoms with E-state index in [-0.39, 0.29) is 5.41 Å². The van der Waals surface area contributed by atoms with E-state index < -0.39 is 0 Å². The third kappa shape index (κ3) is 1.52. The number of nitrogens with two attached hydrogens (primary N) is 1. The van der Waals surface area contributed by atoms with Gasteiger partial charge in [-0.15, -0.1) is 0 Å². The maximum absolute atomic E-state index is 6.19. The van der Waals surface area contributed by atoms with Gasteiger partial charge in [-0.1, -0.05) is 44.2 Å². The Balaban J connectivity index is 2.01. The van der Waals surface area contributed by atoms with Gasteiger partial charge in [0.1, 0.15) is 5.75 Å². The van der Waals surface area contributed by atoms with Crippen molar-refractivity contribution < 1.29 is 4.65 Å². The minimum Gasteiger partial charge on any atom is -0.559 e. The van der Waals surface area contributed by atoms with Gasteiger partial charge >= 0.3 is 6.92 Å². The summed E-state index contributed by atoms with van der Waals surface area (Å²) in [7, 11) is 0. The number of nitrogen functional groups attached to an aromatic ring is 1. The molecule has 1 aliphatic carbocycles. The highest BCUT2D eigenvalue weighted by Crippen LogP contribution is 2.54. The number of anilines is 1. The van der Waals surface area contributed by atoms with E-state index in [0.717, 1.165) is 24.1 Å². The molecular weight excluding hydrogens is 245 g/mol. The van der Waals surface area contributed by atoms with Crippen molar-refractivity contribution in [3.8, 4) is 16.9 Å². The molecule has 100 valence electrons. The quantitative estimate of drug-likeness (QED) is 0.657. The van der Waals surface area contributed by atoms with E-state index in [1.54, 1.807) is 0 Å². The second kappa shape index (κ2) is 3.81. The van der Waals surface area contributed by atoms with Crippen LogP contribution in [0.25, 0.3) is 11.1 Å². The van der Waals surface area contributed by atoms with Crippen LogP contribution in [-0.2, 0) is 5.41 Å². The third-order valence-electron chi connectivity index (χ3n) is 4.54. The summed E-state index contributed by atoms with van der Waals surface area (Å²) in [6.07, 6.45) is 2.29. The lowest BCUT2D eigenvalue weighted by Gasteiger charge is -2.22. The average Bonchev–Trinajstić information content (AvgIpc) is 3.21. The molecule has 20 heavy (non-hydrogen) atoms. The van der Waals surface area contributed by atoms with Gasteiger partial charge in [-0.2, -0.15) is 0 Å². The molecule has 0 radical (unpaired) electrons. The Morgan fingerprint density at radius 1 is 1.05 bits per heavy atom. The topological polar surface area (TPSA) is 35.2 Å². The van der Waals surface area contributed by atoms with E-state index in [0.29, 0.717) is 6.92 Å². The van der Waals surface area contributed by atoms with Crippen molar-refractivity contribution in [3.05, 3.63) is 47.5 Å². The van der Waals surface area contributed by atoms with Crippen LogP contribution < -0.4 is 10.4 Å². The predicted octanol–water partition coefficient (Wildman–Crippen LogP) is 3.96. The first-order valence-corrected chi connectivity index (χ1v) is 7.28. The van der Waals surface area contributed by atoms with Gasteiger partial charge in [-0.05, 0) is 35.4 Å². The molecule has 0 aromatic heterocycles. The maximum Gasteiger partial charge on any atom is 0.356 e. The first-order valence-electron chi connectivity index (χ1n) is 7.28.